The van der Waals surface area contributed by atoms with Gasteiger partial charge in [-0.2, -0.15) is 5.26 Å². The molecule has 3 aliphatic rings. The highest BCUT2D eigenvalue weighted by Gasteiger charge is 2.38. The third-order valence-corrected chi connectivity index (χ3v) is 11.7. The molecule has 1 amide bonds. The zero-order chi connectivity index (χ0) is 33.7. The first-order valence-electron chi connectivity index (χ1n) is 16.5. The van der Waals surface area contributed by atoms with Gasteiger partial charge in [0.05, 0.1) is 36.5 Å². The van der Waals surface area contributed by atoms with Gasteiger partial charge < -0.3 is 14.4 Å². The predicted octanol–water partition coefficient (Wildman–Crippen LogP) is 7.00. The number of carbonyl (C=O) groups is 1. The van der Waals surface area contributed by atoms with Gasteiger partial charge in [0.15, 0.2) is 11.5 Å². The number of amides is 1. The second-order valence-corrected chi connectivity index (χ2v) is 15.4. The fraction of sp³-hybridized carbons (Fsp3) is 0.444. The zero-order valence-electron chi connectivity index (χ0n) is 27.3. The second kappa shape index (κ2) is 15.1. The molecule has 3 aromatic rings. The molecule has 0 spiro atoms. The Morgan fingerprint density at radius 1 is 1.15 bits per heavy atom. The molecule has 48 heavy (non-hydrogen) atoms. The van der Waals surface area contributed by atoms with Crippen molar-refractivity contribution >= 4 is 38.9 Å². The number of aromatic nitrogens is 2. The van der Waals surface area contributed by atoms with Gasteiger partial charge in [0.1, 0.15) is 21.7 Å². The van der Waals surface area contributed by atoms with Crippen LogP contribution in [0.5, 0.6) is 5.75 Å². The number of hydrogen-bond donors (Lipinski definition) is 1. The Balaban J connectivity index is 1.47. The minimum Gasteiger partial charge on any atom is -0.491 e. The first kappa shape index (κ1) is 33.9. The van der Waals surface area contributed by atoms with Crippen molar-refractivity contribution in [3.63, 3.8) is 0 Å². The summed E-state index contributed by atoms with van der Waals surface area (Å²) in [6, 6.07) is 13.4. The summed E-state index contributed by atoms with van der Waals surface area (Å²) < 4.78 is 34.0. The summed E-state index contributed by atoms with van der Waals surface area (Å²) >= 11 is 6.45. The second-order valence-electron chi connectivity index (χ2n) is 13.0. The average molecular weight is 689 g/mol. The number of anilines is 2. The van der Waals surface area contributed by atoms with Gasteiger partial charge in [-0.15, -0.1) is 4.36 Å². The van der Waals surface area contributed by atoms with Crippen LogP contribution in [0.1, 0.15) is 66.2 Å². The van der Waals surface area contributed by atoms with Gasteiger partial charge in [-0.05, 0) is 97.7 Å². The number of rotatable bonds is 3. The number of fused-ring (bicyclic) bond motifs is 3. The average Bonchev–Trinajstić information content (AvgIpc) is 3.08. The Morgan fingerprint density at radius 2 is 2.02 bits per heavy atom. The maximum Gasteiger partial charge on any atom is 0.286 e. The van der Waals surface area contributed by atoms with Gasteiger partial charge in [0, 0.05) is 30.8 Å². The molecule has 0 radical (unpaired) electrons. The fourth-order valence-electron chi connectivity index (χ4n) is 6.81. The lowest BCUT2D eigenvalue weighted by atomic mass is 9.70. The van der Waals surface area contributed by atoms with Crippen LogP contribution in [0.15, 0.2) is 65.3 Å². The van der Waals surface area contributed by atoms with Crippen molar-refractivity contribution in [1.29, 1.82) is 5.26 Å². The third kappa shape index (κ3) is 8.00. The molecule has 1 aromatic heterocycles. The van der Waals surface area contributed by atoms with Crippen LogP contribution in [0.25, 0.3) is 0 Å². The molecule has 0 saturated heterocycles. The molecule has 1 saturated carbocycles. The molecule has 2 aromatic carbocycles. The number of nitrogens with zero attached hydrogens (tertiary/aromatic N) is 5. The number of carbonyl (C=O) groups excluding carboxylic acids is 1. The van der Waals surface area contributed by atoms with E-state index in [1.54, 1.807) is 13.2 Å². The maximum atomic E-state index is 14.5. The van der Waals surface area contributed by atoms with E-state index in [9.17, 15) is 14.3 Å². The van der Waals surface area contributed by atoms with Crippen molar-refractivity contribution in [1.82, 2.24) is 9.97 Å². The number of halogens is 1. The molecule has 2 bridgehead atoms. The van der Waals surface area contributed by atoms with E-state index in [0.29, 0.717) is 47.7 Å². The largest absolute Gasteiger partial charge is 0.491 e. The molecule has 1 aliphatic carbocycles. The SMILES string of the molecule is CO[C@H]1/C=C/C[C@H](C)CS(=O)(Nc2cncc(C#N)n2)=NC(=O)c2ccc3c(c2)N(Cc2ccc(Cl)cc2CCCCO3)C[C@@H]2CC[C@H]21. The summed E-state index contributed by atoms with van der Waals surface area (Å²) in [6.07, 6.45) is 12.3. The Labute approximate surface area is 287 Å². The predicted molar refractivity (Wildman–Crippen MR) is 187 cm³/mol. The summed E-state index contributed by atoms with van der Waals surface area (Å²) in [6.45, 7) is 3.86. The number of methoxy groups -OCH3 is 1. The van der Waals surface area contributed by atoms with Crippen LogP contribution in [0.3, 0.4) is 0 Å². The maximum absolute atomic E-state index is 14.5. The highest BCUT2D eigenvalue weighted by atomic mass is 35.5. The summed E-state index contributed by atoms with van der Waals surface area (Å²) in [7, 11) is -1.63. The molecule has 1 fully saturated rings. The topological polar surface area (TPSA) is 130 Å². The third-order valence-electron chi connectivity index (χ3n) is 9.42. The van der Waals surface area contributed by atoms with E-state index in [4.69, 9.17) is 21.1 Å². The number of nitrogens with one attached hydrogen (secondary N) is 1. The van der Waals surface area contributed by atoms with Crippen molar-refractivity contribution in [3.8, 4) is 11.8 Å². The lowest BCUT2D eigenvalue weighted by Crippen LogP contribution is -2.43. The molecule has 3 heterocycles. The first-order valence-corrected chi connectivity index (χ1v) is 18.6. The van der Waals surface area contributed by atoms with E-state index >= 15 is 0 Å². The summed E-state index contributed by atoms with van der Waals surface area (Å²) in [5, 5.41) is 10.0. The van der Waals surface area contributed by atoms with E-state index in [2.05, 4.69) is 48.2 Å². The Kier molecular flexibility index (Phi) is 10.6. The van der Waals surface area contributed by atoms with Gasteiger partial charge >= 0.3 is 0 Å². The highest BCUT2D eigenvalue weighted by molar-refractivity contribution is 7.95. The molecule has 2 aliphatic heterocycles. The van der Waals surface area contributed by atoms with Crippen LogP contribution < -0.4 is 14.4 Å². The summed E-state index contributed by atoms with van der Waals surface area (Å²) in [5.74, 6) is 0.872. The molecule has 5 atom stereocenters. The van der Waals surface area contributed by atoms with Crippen LogP contribution >= 0.6 is 11.6 Å². The van der Waals surface area contributed by atoms with Gasteiger partial charge in [-0.3, -0.25) is 14.5 Å². The first-order chi connectivity index (χ1) is 23.2. The van der Waals surface area contributed by atoms with E-state index in [1.807, 2.05) is 31.2 Å². The number of nitriles is 1. The van der Waals surface area contributed by atoms with E-state index in [-0.39, 0.29) is 29.3 Å². The van der Waals surface area contributed by atoms with Gasteiger partial charge in [0.2, 0.25) is 0 Å². The van der Waals surface area contributed by atoms with Crippen LogP contribution in [-0.4, -0.2) is 52.2 Å². The van der Waals surface area contributed by atoms with Gasteiger partial charge in [0.25, 0.3) is 5.91 Å². The normalized spacial score (nSPS) is 27.0. The van der Waals surface area contributed by atoms with Crippen molar-refractivity contribution < 1.29 is 18.5 Å². The number of hydrogen-bond acceptors (Lipinski definition) is 8. The molecule has 6 rings (SSSR count). The summed E-state index contributed by atoms with van der Waals surface area (Å²) in [5.41, 5.74) is 3.56. The van der Waals surface area contributed by atoms with E-state index in [0.717, 1.165) is 44.3 Å². The molecule has 12 heteroatoms. The molecular weight excluding hydrogens is 648 g/mol. The summed E-state index contributed by atoms with van der Waals surface area (Å²) in [4.78, 5) is 24.5. The number of ether oxygens (including phenoxy) is 2. The van der Waals surface area contributed by atoms with Crippen LogP contribution in [0.4, 0.5) is 11.5 Å². The fourth-order valence-corrected chi connectivity index (χ4v) is 8.91. The number of aryl methyl sites for hydroxylation is 1. The van der Waals surface area contributed by atoms with E-state index < -0.39 is 15.8 Å². The Bertz CT molecular complexity index is 1850. The monoisotopic (exact) mass is 688 g/mol. The molecule has 10 nitrogen and oxygen atoms in total. The number of benzene rings is 2. The van der Waals surface area contributed by atoms with Crippen LogP contribution in [-0.2, 0) is 27.6 Å². The minimum absolute atomic E-state index is 0.0568. The quantitative estimate of drug-likeness (QED) is 0.291. The Hall–Kier alpha value is -3.98. The Morgan fingerprint density at radius 3 is 2.81 bits per heavy atom. The molecular formula is C36H41ClN6O4S. The zero-order valence-corrected chi connectivity index (χ0v) is 28.9. The lowest BCUT2D eigenvalue weighted by molar-refractivity contribution is 0.0133. The standard InChI is InChI=1S/C36H41ClN6O4S/c1-24-6-5-8-33(46-2)31-13-10-28(31)22-43-21-27-9-12-29(37)16-25(27)7-3-4-15-47-34-14-11-26(17-32(34)43)36(44)42-48(45,23-24)41-35-20-39-19-30(18-38)40-35/h5,8-9,11-12,14,16-17,19-20,24,28,31,33H,3-4,6-7,10,13,15,21-23H2,1-2H3,(H,40,41,42,44,45)/b8-5+/t24-,28-,31+,33-,48?/m0/s1. The van der Waals surface area contributed by atoms with E-state index in [1.165, 1.54) is 23.5 Å². The van der Waals surface area contributed by atoms with Crippen LogP contribution in [0, 0.1) is 29.1 Å². The van der Waals surface area contributed by atoms with Crippen molar-refractivity contribution in [2.75, 3.05) is 35.6 Å². The smallest absolute Gasteiger partial charge is 0.286 e. The van der Waals surface area contributed by atoms with Gasteiger partial charge in [-0.25, -0.2) is 9.19 Å². The number of allylic oxidation sites excluding steroid dienone is 1. The van der Waals surface area contributed by atoms with Crippen molar-refractivity contribution in [2.24, 2.45) is 22.1 Å². The molecule has 252 valence electrons. The van der Waals surface area contributed by atoms with Crippen LogP contribution in [0.2, 0.25) is 5.02 Å². The lowest BCUT2D eigenvalue weighted by Gasteiger charge is -2.43. The van der Waals surface area contributed by atoms with Gasteiger partial charge in [-0.1, -0.05) is 36.7 Å². The highest BCUT2D eigenvalue weighted by Crippen LogP contribution is 2.42. The van der Waals surface area contributed by atoms with Crippen molar-refractivity contribution in [3.05, 3.63) is 88.4 Å². The molecule has 1 N–H and O–H groups in total. The van der Waals surface area contributed by atoms with Crippen molar-refractivity contribution in [2.45, 2.75) is 58.1 Å². The minimum atomic E-state index is -3.39. The molecule has 1 unspecified atom stereocenters.